The van der Waals surface area contributed by atoms with Gasteiger partial charge in [-0.3, -0.25) is 10.1 Å². The van der Waals surface area contributed by atoms with Gasteiger partial charge in [0.05, 0.1) is 10.5 Å². The largest absolute Gasteiger partial charge is 0.393 e. The first kappa shape index (κ1) is 12.6. The average Bonchev–Trinajstić information content (AvgIpc) is 2.73. The van der Waals surface area contributed by atoms with E-state index in [9.17, 15) is 15.2 Å². The second-order valence-corrected chi connectivity index (χ2v) is 4.79. The number of hydrogen-bond acceptors (Lipinski definition) is 5. The third-order valence-electron chi connectivity index (χ3n) is 3.39. The summed E-state index contributed by atoms with van der Waals surface area (Å²) < 4.78 is 0. The van der Waals surface area contributed by atoms with Crippen LogP contribution in [0.1, 0.15) is 25.7 Å². The number of anilines is 2. The van der Waals surface area contributed by atoms with Crippen LogP contribution in [0.5, 0.6) is 0 Å². The Balaban J connectivity index is 2.14. The molecule has 4 N–H and O–H groups in total. The number of nitrogens with zero attached hydrogens (tertiary/aromatic N) is 1. The van der Waals surface area contributed by atoms with Crippen molar-refractivity contribution in [1.29, 1.82) is 0 Å². The van der Waals surface area contributed by atoms with E-state index in [1.54, 1.807) is 12.1 Å². The van der Waals surface area contributed by atoms with Gasteiger partial charge in [0.15, 0.2) is 0 Å². The summed E-state index contributed by atoms with van der Waals surface area (Å²) in [6, 6.07) is 4.75. The topological polar surface area (TPSA) is 101 Å². The van der Waals surface area contributed by atoms with Crippen LogP contribution in [0.3, 0.4) is 0 Å². The Hall–Kier alpha value is -1.82. The molecule has 1 aliphatic rings. The van der Waals surface area contributed by atoms with Crippen molar-refractivity contribution in [3.8, 4) is 0 Å². The lowest BCUT2D eigenvalue weighted by Gasteiger charge is -2.23. The summed E-state index contributed by atoms with van der Waals surface area (Å²) in [4.78, 5) is 10.4. The highest BCUT2D eigenvalue weighted by atomic mass is 16.6. The van der Waals surface area contributed by atoms with E-state index in [1.807, 2.05) is 0 Å². The number of nitro groups is 1. The number of rotatable bonds is 4. The predicted molar refractivity (Wildman–Crippen MR) is 69.4 cm³/mol. The molecule has 0 spiro atoms. The molecule has 0 heterocycles. The van der Waals surface area contributed by atoms with Crippen molar-refractivity contribution < 1.29 is 10.0 Å². The maximum absolute atomic E-state index is 10.9. The maximum Gasteiger partial charge on any atom is 0.314 e. The standard InChI is InChI=1S/C12H17N3O3/c13-9-4-3-5-10(11(9)15(17)18)14-8-12(16)6-1-2-7-12/h3-5,14,16H,1-2,6-8,13H2. The number of aliphatic hydroxyl groups is 1. The predicted octanol–water partition coefficient (Wildman–Crippen LogP) is 1.89. The molecule has 0 aliphatic heterocycles. The molecule has 1 fully saturated rings. The molecule has 98 valence electrons. The van der Waals surface area contributed by atoms with Gasteiger partial charge in [-0.05, 0) is 25.0 Å². The van der Waals surface area contributed by atoms with Crippen molar-refractivity contribution in [2.75, 3.05) is 17.6 Å². The fourth-order valence-electron chi connectivity index (χ4n) is 2.38. The van der Waals surface area contributed by atoms with Crippen LogP contribution in [0.25, 0.3) is 0 Å². The van der Waals surface area contributed by atoms with Crippen molar-refractivity contribution in [1.82, 2.24) is 0 Å². The summed E-state index contributed by atoms with van der Waals surface area (Å²) in [7, 11) is 0. The van der Waals surface area contributed by atoms with E-state index in [0.717, 1.165) is 25.7 Å². The summed E-state index contributed by atoms with van der Waals surface area (Å²) in [6.07, 6.45) is 3.46. The van der Waals surface area contributed by atoms with Crippen molar-refractivity contribution in [2.24, 2.45) is 0 Å². The number of nitrogens with two attached hydrogens (primary N) is 1. The van der Waals surface area contributed by atoms with Crippen molar-refractivity contribution in [2.45, 2.75) is 31.3 Å². The molecule has 0 atom stereocenters. The van der Waals surface area contributed by atoms with E-state index in [0.29, 0.717) is 12.2 Å². The first-order chi connectivity index (χ1) is 8.52. The third kappa shape index (κ3) is 2.53. The van der Waals surface area contributed by atoms with Gasteiger partial charge in [-0.2, -0.15) is 0 Å². The number of nitro benzene ring substituents is 1. The minimum Gasteiger partial charge on any atom is -0.393 e. The highest BCUT2D eigenvalue weighted by molar-refractivity contribution is 5.74. The zero-order valence-corrected chi connectivity index (χ0v) is 10.1. The van der Waals surface area contributed by atoms with Gasteiger partial charge < -0.3 is 16.2 Å². The van der Waals surface area contributed by atoms with Crippen LogP contribution < -0.4 is 11.1 Å². The summed E-state index contributed by atoms with van der Waals surface area (Å²) in [5.41, 5.74) is 5.21. The van der Waals surface area contributed by atoms with Crippen LogP contribution in [0.15, 0.2) is 18.2 Å². The Labute approximate surface area is 105 Å². The second kappa shape index (κ2) is 4.81. The fraction of sp³-hybridized carbons (Fsp3) is 0.500. The third-order valence-corrected chi connectivity index (χ3v) is 3.39. The summed E-state index contributed by atoms with van der Waals surface area (Å²) >= 11 is 0. The van der Waals surface area contributed by atoms with E-state index in [1.165, 1.54) is 6.07 Å². The van der Waals surface area contributed by atoms with Gasteiger partial charge in [0, 0.05) is 6.54 Å². The fourth-order valence-corrected chi connectivity index (χ4v) is 2.38. The van der Waals surface area contributed by atoms with Gasteiger partial charge in [-0.25, -0.2) is 0 Å². The molecule has 2 rings (SSSR count). The second-order valence-electron chi connectivity index (χ2n) is 4.79. The Morgan fingerprint density at radius 1 is 1.44 bits per heavy atom. The summed E-state index contributed by atoms with van der Waals surface area (Å²) in [5.74, 6) is 0. The van der Waals surface area contributed by atoms with Crippen LogP contribution in [-0.4, -0.2) is 22.2 Å². The van der Waals surface area contributed by atoms with Gasteiger partial charge in [0.2, 0.25) is 0 Å². The van der Waals surface area contributed by atoms with E-state index in [-0.39, 0.29) is 11.4 Å². The number of para-hydroxylation sites is 1. The van der Waals surface area contributed by atoms with Gasteiger partial charge in [-0.1, -0.05) is 18.9 Å². The minimum atomic E-state index is -0.752. The van der Waals surface area contributed by atoms with E-state index in [2.05, 4.69) is 5.32 Å². The van der Waals surface area contributed by atoms with Gasteiger partial charge >= 0.3 is 5.69 Å². The minimum absolute atomic E-state index is 0.126. The van der Waals surface area contributed by atoms with Crippen LogP contribution in [0.2, 0.25) is 0 Å². The molecule has 1 aliphatic carbocycles. The molecule has 0 amide bonds. The van der Waals surface area contributed by atoms with Gasteiger partial charge in [-0.15, -0.1) is 0 Å². The molecule has 0 aromatic heterocycles. The van der Waals surface area contributed by atoms with E-state index < -0.39 is 10.5 Å². The molecule has 6 nitrogen and oxygen atoms in total. The highest BCUT2D eigenvalue weighted by Gasteiger charge is 2.31. The van der Waals surface area contributed by atoms with Gasteiger partial charge in [0.25, 0.3) is 0 Å². The molecule has 0 bridgehead atoms. The van der Waals surface area contributed by atoms with Gasteiger partial charge in [0.1, 0.15) is 11.4 Å². The average molecular weight is 251 g/mol. The Morgan fingerprint density at radius 3 is 2.72 bits per heavy atom. The van der Waals surface area contributed by atoms with Crippen LogP contribution in [0, 0.1) is 10.1 Å². The quantitative estimate of drug-likeness (QED) is 0.431. The van der Waals surface area contributed by atoms with E-state index >= 15 is 0 Å². The molecular formula is C12H17N3O3. The Kier molecular flexibility index (Phi) is 3.38. The zero-order valence-electron chi connectivity index (χ0n) is 10.1. The van der Waals surface area contributed by atoms with E-state index in [4.69, 9.17) is 5.73 Å². The smallest absolute Gasteiger partial charge is 0.314 e. The Bertz CT molecular complexity index is 456. The first-order valence-corrected chi connectivity index (χ1v) is 6.01. The number of hydrogen-bond donors (Lipinski definition) is 3. The lowest BCUT2D eigenvalue weighted by Crippen LogP contribution is -2.33. The number of nitrogens with one attached hydrogen (secondary N) is 1. The van der Waals surface area contributed by atoms with Crippen molar-refractivity contribution >= 4 is 17.1 Å². The monoisotopic (exact) mass is 251 g/mol. The lowest BCUT2D eigenvalue weighted by atomic mass is 10.0. The van der Waals surface area contributed by atoms with Crippen molar-refractivity contribution in [3.63, 3.8) is 0 Å². The lowest BCUT2D eigenvalue weighted by molar-refractivity contribution is -0.383. The molecule has 0 unspecified atom stereocenters. The molecule has 0 radical (unpaired) electrons. The highest BCUT2D eigenvalue weighted by Crippen LogP contribution is 2.33. The molecular weight excluding hydrogens is 234 g/mol. The SMILES string of the molecule is Nc1cccc(NCC2(O)CCCC2)c1[N+](=O)[O-]. The van der Waals surface area contributed by atoms with Crippen LogP contribution in [-0.2, 0) is 0 Å². The summed E-state index contributed by atoms with van der Waals surface area (Å²) in [5, 5.41) is 24.1. The first-order valence-electron chi connectivity index (χ1n) is 6.01. The summed E-state index contributed by atoms with van der Waals surface area (Å²) in [6.45, 7) is 0.317. The van der Waals surface area contributed by atoms with Crippen LogP contribution in [0.4, 0.5) is 17.1 Å². The molecule has 1 aromatic rings. The maximum atomic E-state index is 10.9. The molecule has 0 saturated heterocycles. The zero-order chi connectivity index (χ0) is 13.2. The number of nitrogen functional groups attached to an aromatic ring is 1. The van der Waals surface area contributed by atoms with Crippen molar-refractivity contribution in [3.05, 3.63) is 28.3 Å². The van der Waals surface area contributed by atoms with Crippen LogP contribution >= 0.6 is 0 Å². The molecule has 6 heteroatoms. The molecule has 1 aromatic carbocycles. The number of benzene rings is 1. The Morgan fingerprint density at radius 2 is 2.11 bits per heavy atom. The normalized spacial score (nSPS) is 17.6. The molecule has 1 saturated carbocycles. The molecule has 18 heavy (non-hydrogen) atoms.